The van der Waals surface area contributed by atoms with Crippen LogP contribution in [0.25, 0.3) is 0 Å². The third-order valence-electron chi connectivity index (χ3n) is 4.68. The lowest BCUT2D eigenvalue weighted by Crippen LogP contribution is -2.37. The van der Waals surface area contributed by atoms with Gasteiger partial charge in [0.25, 0.3) is 5.91 Å². The summed E-state index contributed by atoms with van der Waals surface area (Å²) in [5.41, 5.74) is 1.88. The number of amides is 2. The summed E-state index contributed by atoms with van der Waals surface area (Å²) in [6, 6.07) is 10.8. The van der Waals surface area contributed by atoms with Crippen LogP contribution >= 0.6 is 0 Å². The molecule has 1 aliphatic heterocycles. The molecule has 0 unspecified atom stereocenters. The molecule has 0 aliphatic carbocycles. The number of aromatic hydroxyl groups is 1. The van der Waals surface area contributed by atoms with Crippen molar-refractivity contribution in [2.45, 2.75) is 25.8 Å². The summed E-state index contributed by atoms with van der Waals surface area (Å²) >= 11 is 0. The van der Waals surface area contributed by atoms with Gasteiger partial charge in [0.05, 0.1) is 6.04 Å². The highest BCUT2D eigenvalue weighted by Crippen LogP contribution is 2.20. The number of carbonyl (C=O) groups is 2. The van der Waals surface area contributed by atoms with Crippen LogP contribution in [0.3, 0.4) is 0 Å². The third kappa shape index (κ3) is 4.02. The minimum Gasteiger partial charge on any atom is -0.508 e. The van der Waals surface area contributed by atoms with Crippen molar-refractivity contribution in [1.82, 2.24) is 10.2 Å². The van der Waals surface area contributed by atoms with Crippen LogP contribution in [0.15, 0.2) is 42.5 Å². The lowest BCUT2D eigenvalue weighted by atomic mass is 10.1. The molecular weight excluding hydrogens is 335 g/mol. The molecule has 5 nitrogen and oxygen atoms in total. The van der Waals surface area contributed by atoms with Crippen LogP contribution < -0.4 is 5.32 Å². The van der Waals surface area contributed by atoms with Gasteiger partial charge in [-0.3, -0.25) is 9.59 Å². The van der Waals surface area contributed by atoms with Crippen molar-refractivity contribution in [3.63, 3.8) is 0 Å². The maximum absolute atomic E-state index is 12.9. The van der Waals surface area contributed by atoms with Crippen molar-refractivity contribution in [2.75, 3.05) is 13.1 Å². The Labute approximate surface area is 151 Å². The first-order chi connectivity index (χ1) is 12.4. The molecule has 1 aliphatic rings. The molecule has 3 rings (SSSR count). The first-order valence-electron chi connectivity index (χ1n) is 8.55. The average Bonchev–Trinajstić information content (AvgIpc) is 2.96. The van der Waals surface area contributed by atoms with Crippen LogP contribution in [0.4, 0.5) is 4.39 Å². The summed E-state index contributed by atoms with van der Waals surface area (Å²) in [5, 5.41) is 12.6. The van der Waals surface area contributed by atoms with E-state index in [9.17, 15) is 19.1 Å². The number of rotatable bonds is 5. The average molecular weight is 356 g/mol. The zero-order chi connectivity index (χ0) is 18.7. The van der Waals surface area contributed by atoms with E-state index in [0.29, 0.717) is 30.6 Å². The molecule has 6 heteroatoms. The van der Waals surface area contributed by atoms with Gasteiger partial charge in [0, 0.05) is 30.6 Å². The largest absolute Gasteiger partial charge is 0.508 e. The summed E-state index contributed by atoms with van der Waals surface area (Å²) in [6.45, 7) is 2.66. The van der Waals surface area contributed by atoms with Crippen LogP contribution in [0.1, 0.15) is 27.9 Å². The van der Waals surface area contributed by atoms with E-state index in [-0.39, 0.29) is 35.8 Å². The second-order valence-electron chi connectivity index (χ2n) is 6.54. The monoisotopic (exact) mass is 356 g/mol. The van der Waals surface area contributed by atoms with E-state index >= 15 is 0 Å². The maximum atomic E-state index is 12.9. The normalized spacial score (nSPS) is 16.8. The molecule has 0 aromatic heterocycles. The summed E-state index contributed by atoms with van der Waals surface area (Å²) < 4.78 is 12.9. The highest BCUT2D eigenvalue weighted by Gasteiger charge is 2.30. The molecule has 26 heavy (non-hydrogen) atoms. The Morgan fingerprint density at radius 2 is 2.00 bits per heavy atom. The molecule has 1 atom stereocenters. The van der Waals surface area contributed by atoms with Crippen molar-refractivity contribution in [3.05, 3.63) is 65.0 Å². The molecule has 0 saturated carbocycles. The zero-order valence-corrected chi connectivity index (χ0v) is 14.5. The topological polar surface area (TPSA) is 69.6 Å². The first kappa shape index (κ1) is 17.9. The number of halogens is 1. The first-order valence-corrected chi connectivity index (χ1v) is 8.55. The van der Waals surface area contributed by atoms with E-state index in [2.05, 4.69) is 5.32 Å². The molecule has 0 radical (unpaired) electrons. The number of hydrogen-bond donors (Lipinski definition) is 2. The Kier molecular flexibility index (Phi) is 5.21. The molecule has 2 amide bonds. The lowest BCUT2D eigenvalue weighted by Gasteiger charge is -2.17. The standard InChI is InChI=1S/C20H21FN2O3/c1-13-17(3-2-4-18(13)24)20(26)22-16-11-19(25)23(12-16)10-9-14-5-7-15(21)8-6-14/h2-8,16,24H,9-12H2,1H3,(H,22,26)/t16-/m1/s1. The van der Waals surface area contributed by atoms with E-state index in [1.807, 2.05) is 0 Å². The molecule has 2 N–H and O–H groups in total. The van der Waals surface area contributed by atoms with Crippen molar-refractivity contribution in [2.24, 2.45) is 0 Å². The Morgan fingerprint density at radius 1 is 1.27 bits per heavy atom. The number of hydrogen-bond acceptors (Lipinski definition) is 3. The van der Waals surface area contributed by atoms with Gasteiger partial charge in [0.15, 0.2) is 0 Å². The number of nitrogens with one attached hydrogen (secondary N) is 1. The quantitative estimate of drug-likeness (QED) is 0.864. The zero-order valence-electron chi connectivity index (χ0n) is 14.5. The summed E-state index contributed by atoms with van der Waals surface area (Å²) in [5.74, 6) is -0.515. The van der Waals surface area contributed by atoms with E-state index < -0.39 is 0 Å². The van der Waals surface area contributed by atoms with Gasteiger partial charge in [0.1, 0.15) is 11.6 Å². The van der Waals surface area contributed by atoms with Crippen LogP contribution in [0, 0.1) is 12.7 Å². The number of likely N-dealkylation sites (tertiary alicyclic amines) is 1. The molecule has 0 bridgehead atoms. The second-order valence-corrected chi connectivity index (χ2v) is 6.54. The van der Waals surface area contributed by atoms with Crippen LogP contribution in [0.2, 0.25) is 0 Å². The molecule has 2 aromatic carbocycles. The molecule has 136 valence electrons. The number of phenols is 1. The fourth-order valence-electron chi connectivity index (χ4n) is 3.13. The van der Waals surface area contributed by atoms with Gasteiger partial charge in [-0.25, -0.2) is 4.39 Å². The number of benzene rings is 2. The summed E-state index contributed by atoms with van der Waals surface area (Å²) in [6.07, 6.45) is 0.894. The minimum atomic E-state index is -0.295. The molecule has 2 aromatic rings. The van der Waals surface area contributed by atoms with Gasteiger partial charge >= 0.3 is 0 Å². The van der Waals surface area contributed by atoms with Gasteiger partial charge in [-0.15, -0.1) is 0 Å². The summed E-state index contributed by atoms with van der Waals surface area (Å²) in [7, 11) is 0. The Morgan fingerprint density at radius 3 is 2.73 bits per heavy atom. The van der Waals surface area contributed by atoms with Crippen molar-refractivity contribution >= 4 is 11.8 Å². The van der Waals surface area contributed by atoms with Gasteiger partial charge in [-0.2, -0.15) is 0 Å². The number of phenolic OH excluding ortho intramolecular Hbond substituents is 1. The van der Waals surface area contributed by atoms with Crippen molar-refractivity contribution in [3.8, 4) is 5.75 Å². The molecule has 1 heterocycles. The third-order valence-corrected chi connectivity index (χ3v) is 4.68. The minimum absolute atomic E-state index is 0.00922. The van der Waals surface area contributed by atoms with Gasteiger partial charge in [0.2, 0.25) is 5.91 Å². The molecule has 0 spiro atoms. The Bertz CT molecular complexity index is 820. The van der Waals surface area contributed by atoms with Gasteiger partial charge in [-0.05, 0) is 43.2 Å². The predicted molar refractivity (Wildman–Crippen MR) is 95.4 cm³/mol. The Balaban J connectivity index is 1.56. The van der Waals surface area contributed by atoms with E-state index in [1.165, 1.54) is 18.2 Å². The van der Waals surface area contributed by atoms with Crippen molar-refractivity contribution < 1.29 is 19.1 Å². The second kappa shape index (κ2) is 7.56. The highest BCUT2D eigenvalue weighted by molar-refractivity contribution is 5.97. The molecular formula is C20H21FN2O3. The van der Waals surface area contributed by atoms with Gasteiger partial charge in [-0.1, -0.05) is 18.2 Å². The van der Waals surface area contributed by atoms with Crippen molar-refractivity contribution in [1.29, 1.82) is 0 Å². The Hall–Kier alpha value is -2.89. The maximum Gasteiger partial charge on any atom is 0.251 e. The fraction of sp³-hybridized carbons (Fsp3) is 0.300. The molecule has 1 saturated heterocycles. The highest BCUT2D eigenvalue weighted by atomic mass is 19.1. The van der Waals surface area contributed by atoms with Crippen LogP contribution in [0.5, 0.6) is 5.75 Å². The SMILES string of the molecule is Cc1c(O)cccc1C(=O)N[C@@H]1CC(=O)N(CCc2ccc(F)cc2)C1. The van der Waals surface area contributed by atoms with E-state index in [1.54, 1.807) is 36.1 Å². The fourth-order valence-corrected chi connectivity index (χ4v) is 3.13. The lowest BCUT2D eigenvalue weighted by molar-refractivity contribution is -0.127. The van der Waals surface area contributed by atoms with Crippen LogP contribution in [-0.4, -0.2) is 41.0 Å². The van der Waals surface area contributed by atoms with E-state index in [0.717, 1.165) is 5.56 Å². The summed E-state index contributed by atoms with van der Waals surface area (Å²) in [4.78, 5) is 26.3. The smallest absolute Gasteiger partial charge is 0.251 e. The van der Waals surface area contributed by atoms with E-state index in [4.69, 9.17) is 0 Å². The molecule has 1 fully saturated rings. The predicted octanol–water partition coefficient (Wildman–Crippen LogP) is 2.41. The van der Waals surface area contributed by atoms with Gasteiger partial charge < -0.3 is 15.3 Å². The van der Waals surface area contributed by atoms with Crippen LogP contribution in [-0.2, 0) is 11.2 Å². The number of carbonyl (C=O) groups excluding carboxylic acids is 2. The number of nitrogens with zero attached hydrogens (tertiary/aromatic N) is 1.